The maximum Gasteiger partial charge on any atom is 0.119 e. The molecule has 1 N–H and O–H groups in total. The van der Waals surface area contributed by atoms with Crippen LogP contribution in [0.15, 0.2) is 54.6 Å². The van der Waals surface area contributed by atoms with E-state index >= 15 is 0 Å². The molecule has 0 fully saturated rings. The van der Waals surface area contributed by atoms with E-state index in [0.29, 0.717) is 11.6 Å². The number of aromatic nitrogens is 1. The Hall–Kier alpha value is -2.23. The van der Waals surface area contributed by atoms with E-state index in [1.54, 1.807) is 0 Å². The molecule has 0 aliphatic heterocycles. The van der Waals surface area contributed by atoms with Crippen molar-refractivity contribution in [3.63, 3.8) is 0 Å². The number of benzene rings is 2. The predicted octanol–water partition coefficient (Wildman–Crippen LogP) is 4.82. The van der Waals surface area contributed by atoms with Crippen molar-refractivity contribution in [2.45, 2.75) is 27.1 Å². The van der Waals surface area contributed by atoms with Crippen molar-refractivity contribution in [1.82, 2.24) is 4.57 Å². The second-order valence-corrected chi connectivity index (χ2v) is 6.17. The number of hydrogen-bond donors (Lipinski definition) is 1. The standard InChI is InChI=1S/C20H20ClNO2/c1-14-11-17(12-23)15(2)22(14)18-7-9-19(10-8-18)24-13-16-5-3-4-6-20(16)21/h3-11,23H,12-13H2,1-2H3. The fourth-order valence-corrected chi connectivity index (χ4v) is 3.04. The highest BCUT2D eigenvalue weighted by Crippen LogP contribution is 2.24. The number of rotatable bonds is 5. The fourth-order valence-electron chi connectivity index (χ4n) is 2.85. The molecule has 3 nitrogen and oxygen atoms in total. The van der Waals surface area contributed by atoms with Gasteiger partial charge in [0.25, 0.3) is 0 Å². The van der Waals surface area contributed by atoms with Crippen molar-refractivity contribution in [2.75, 3.05) is 0 Å². The Bertz CT molecular complexity index is 837. The van der Waals surface area contributed by atoms with Crippen LogP contribution in [0.5, 0.6) is 5.75 Å². The second-order valence-electron chi connectivity index (χ2n) is 5.76. The molecule has 0 saturated carbocycles. The van der Waals surface area contributed by atoms with Crippen LogP contribution in [0, 0.1) is 13.8 Å². The quantitative estimate of drug-likeness (QED) is 0.722. The Morgan fingerprint density at radius 3 is 2.33 bits per heavy atom. The molecule has 3 aromatic rings. The molecule has 2 aromatic carbocycles. The number of aliphatic hydroxyl groups excluding tert-OH is 1. The summed E-state index contributed by atoms with van der Waals surface area (Å²) in [6.07, 6.45) is 0. The molecule has 4 heteroatoms. The maximum absolute atomic E-state index is 9.40. The number of nitrogens with zero attached hydrogens (tertiary/aromatic N) is 1. The van der Waals surface area contributed by atoms with Gasteiger partial charge in [-0.25, -0.2) is 0 Å². The summed E-state index contributed by atoms with van der Waals surface area (Å²) in [6.45, 7) is 4.54. The molecule has 0 unspecified atom stereocenters. The molecule has 0 spiro atoms. The average Bonchev–Trinajstić information content (AvgIpc) is 2.88. The molecule has 1 heterocycles. The SMILES string of the molecule is Cc1cc(CO)c(C)n1-c1ccc(OCc2ccccc2Cl)cc1. The number of hydrogen-bond acceptors (Lipinski definition) is 2. The van der Waals surface area contributed by atoms with E-state index in [1.807, 2.05) is 68.4 Å². The number of ether oxygens (including phenoxy) is 1. The van der Waals surface area contributed by atoms with Crippen LogP contribution in [0.25, 0.3) is 5.69 Å². The zero-order valence-corrected chi connectivity index (χ0v) is 14.5. The molecule has 3 rings (SSSR count). The fraction of sp³-hybridized carbons (Fsp3) is 0.200. The lowest BCUT2D eigenvalue weighted by Gasteiger charge is -2.12. The van der Waals surface area contributed by atoms with Crippen LogP contribution >= 0.6 is 11.6 Å². The summed E-state index contributed by atoms with van der Waals surface area (Å²) in [5.74, 6) is 0.795. The largest absolute Gasteiger partial charge is 0.489 e. The third-order valence-electron chi connectivity index (χ3n) is 4.15. The first-order chi connectivity index (χ1) is 11.6. The van der Waals surface area contributed by atoms with Gasteiger partial charge in [0.15, 0.2) is 0 Å². The van der Waals surface area contributed by atoms with Crippen molar-refractivity contribution in [2.24, 2.45) is 0 Å². The van der Waals surface area contributed by atoms with Crippen molar-refractivity contribution < 1.29 is 9.84 Å². The third kappa shape index (κ3) is 3.32. The van der Waals surface area contributed by atoms with E-state index in [4.69, 9.17) is 16.3 Å². The Morgan fingerprint density at radius 2 is 1.71 bits per heavy atom. The van der Waals surface area contributed by atoms with Crippen molar-refractivity contribution in [3.8, 4) is 11.4 Å². The predicted molar refractivity (Wildman–Crippen MR) is 96.9 cm³/mol. The van der Waals surface area contributed by atoms with E-state index < -0.39 is 0 Å². The molecular weight excluding hydrogens is 322 g/mol. The summed E-state index contributed by atoms with van der Waals surface area (Å²) < 4.78 is 7.95. The van der Waals surface area contributed by atoms with Crippen LogP contribution in [0.1, 0.15) is 22.5 Å². The first-order valence-corrected chi connectivity index (χ1v) is 8.23. The van der Waals surface area contributed by atoms with Gasteiger partial charge >= 0.3 is 0 Å². The van der Waals surface area contributed by atoms with E-state index in [9.17, 15) is 5.11 Å². The van der Waals surface area contributed by atoms with Gasteiger partial charge in [-0.05, 0) is 55.8 Å². The van der Waals surface area contributed by atoms with E-state index in [1.165, 1.54) is 0 Å². The highest BCUT2D eigenvalue weighted by molar-refractivity contribution is 6.31. The third-order valence-corrected chi connectivity index (χ3v) is 4.52. The van der Waals surface area contributed by atoms with Gasteiger partial charge in [-0.2, -0.15) is 0 Å². The molecule has 0 bridgehead atoms. The van der Waals surface area contributed by atoms with Crippen molar-refractivity contribution >= 4 is 11.6 Å². The molecular formula is C20H20ClNO2. The molecule has 0 atom stereocenters. The Balaban J connectivity index is 1.77. The minimum absolute atomic E-state index is 0.0543. The van der Waals surface area contributed by atoms with Crippen LogP contribution in [-0.4, -0.2) is 9.67 Å². The van der Waals surface area contributed by atoms with Gasteiger partial charge in [-0.1, -0.05) is 29.8 Å². The molecule has 0 aliphatic carbocycles. The lowest BCUT2D eigenvalue weighted by atomic mass is 10.2. The highest BCUT2D eigenvalue weighted by Gasteiger charge is 2.10. The van der Waals surface area contributed by atoms with Crippen LogP contribution in [0.3, 0.4) is 0 Å². The van der Waals surface area contributed by atoms with E-state index in [2.05, 4.69) is 4.57 Å². The lowest BCUT2D eigenvalue weighted by Crippen LogP contribution is -2.00. The van der Waals surface area contributed by atoms with Crippen LogP contribution in [0.4, 0.5) is 0 Å². The zero-order valence-electron chi connectivity index (χ0n) is 13.8. The summed E-state index contributed by atoms with van der Waals surface area (Å²) in [7, 11) is 0. The first kappa shape index (κ1) is 16.6. The molecule has 0 saturated heterocycles. The topological polar surface area (TPSA) is 34.4 Å². The second kappa shape index (κ2) is 7.12. The zero-order chi connectivity index (χ0) is 17.1. The molecule has 0 aliphatic rings. The Labute approximate surface area is 147 Å². The first-order valence-electron chi connectivity index (χ1n) is 7.85. The summed E-state index contributed by atoms with van der Waals surface area (Å²) >= 11 is 6.14. The Morgan fingerprint density at radius 1 is 1.00 bits per heavy atom. The minimum atomic E-state index is 0.0543. The normalized spacial score (nSPS) is 10.8. The number of aryl methyl sites for hydroxylation is 1. The number of halogens is 1. The summed E-state index contributed by atoms with van der Waals surface area (Å²) in [5, 5.41) is 10.1. The molecule has 1 aromatic heterocycles. The smallest absolute Gasteiger partial charge is 0.119 e. The average molecular weight is 342 g/mol. The molecule has 24 heavy (non-hydrogen) atoms. The van der Waals surface area contributed by atoms with Gasteiger partial charge in [-0.15, -0.1) is 0 Å². The van der Waals surface area contributed by atoms with E-state index in [-0.39, 0.29) is 6.61 Å². The highest BCUT2D eigenvalue weighted by atomic mass is 35.5. The van der Waals surface area contributed by atoms with E-state index in [0.717, 1.165) is 34.0 Å². The minimum Gasteiger partial charge on any atom is -0.489 e. The van der Waals surface area contributed by atoms with Crippen LogP contribution < -0.4 is 4.74 Å². The molecule has 0 amide bonds. The summed E-state index contributed by atoms with van der Waals surface area (Å²) in [6, 6.07) is 17.6. The van der Waals surface area contributed by atoms with Gasteiger partial charge in [0.2, 0.25) is 0 Å². The number of aliphatic hydroxyl groups is 1. The Kier molecular flexibility index (Phi) is 4.93. The monoisotopic (exact) mass is 341 g/mol. The van der Waals surface area contributed by atoms with Crippen molar-refractivity contribution in [3.05, 3.63) is 82.1 Å². The maximum atomic E-state index is 9.40. The van der Waals surface area contributed by atoms with Gasteiger partial charge in [0.05, 0.1) is 6.61 Å². The molecule has 124 valence electrons. The van der Waals surface area contributed by atoms with Gasteiger partial charge in [0, 0.05) is 27.7 Å². The van der Waals surface area contributed by atoms with Gasteiger partial charge in [-0.3, -0.25) is 0 Å². The summed E-state index contributed by atoms with van der Waals surface area (Å²) in [5.41, 5.74) is 5.12. The summed E-state index contributed by atoms with van der Waals surface area (Å²) in [4.78, 5) is 0. The lowest BCUT2D eigenvalue weighted by molar-refractivity contribution is 0.281. The van der Waals surface area contributed by atoms with Crippen LogP contribution in [0.2, 0.25) is 5.02 Å². The van der Waals surface area contributed by atoms with Crippen LogP contribution in [-0.2, 0) is 13.2 Å². The molecule has 0 radical (unpaired) electrons. The van der Waals surface area contributed by atoms with Gasteiger partial charge < -0.3 is 14.4 Å². The van der Waals surface area contributed by atoms with Crippen molar-refractivity contribution in [1.29, 1.82) is 0 Å². The van der Waals surface area contributed by atoms with Gasteiger partial charge in [0.1, 0.15) is 12.4 Å².